The number of nitrogen functional groups attached to an aromatic ring is 1. The number of hydrogen-bond acceptors (Lipinski definition) is 5. The molecule has 0 spiro atoms. The van der Waals surface area contributed by atoms with Crippen LogP contribution in [0.2, 0.25) is 0 Å². The number of aromatic nitrogens is 2. The first-order chi connectivity index (χ1) is 8.36. The molecule has 1 aliphatic rings. The number of nitrogens with one attached hydrogen (secondary N) is 1. The molecule has 0 aromatic carbocycles. The van der Waals surface area contributed by atoms with E-state index in [1.165, 1.54) is 6.07 Å². The third kappa shape index (κ3) is 2.81. The summed E-state index contributed by atoms with van der Waals surface area (Å²) in [7, 11) is 0. The Morgan fingerprint density at radius 1 is 1.56 bits per heavy atom. The monoisotopic (exact) mass is 252 g/mol. The molecule has 100 valence electrons. The van der Waals surface area contributed by atoms with Crippen LogP contribution >= 0.6 is 0 Å². The van der Waals surface area contributed by atoms with E-state index in [2.05, 4.69) is 30.7 Å². The fraction of sp³-hybridized carbons (Fsp3) is 0.667. The van der Waals surface area contributed by atoms with Gasteiger partial charge in [-0.2, -0.15) is 4.98 Å². The second-order valence-corrected chi connectivity index (χ2v) is 5.66. The molecule has 3 N–H and O–H groups in total. The maximum Gasteiger partial charge on any atom is 0.254 e. The number of rotatable bonds is 1. The van der Waals surface area contributed by atoms with E-state index < -0.39 is 0 Å². The molecule has 1 aliphatic heterocycles. The average Bonchev–Trinajstić information content (AvgIpc) is 2.27. The summed E-state index contributed by atoms with van der Waals surface area (Å²) in [4.78, 5) is 20.1. The molecule has 1 aromatic heterocycles. The van der Waals surface area contributed by atoms with Crippen LogP contribution in [0.4, 0.5) is 11.8 Å². The molecule has 18 heavy (non-hydrogen) atoms. The van der Waals surface area contributed by atoms with Crippen molar-refractivity contribution in [2.24, 2.45) is 5.41 Å². The highest BCUT2D eigenvalue weighted by molar-refractivity contribution is 5.41. The second-order valence-electron chi connectivity index (χ2n) is 5.66. The van der Waals surface area contributed by atoms with Crippen LogP contribution in [0.3, 0.4) is 0 Å². The van der Waals surface area contributed by atoms with E-state index in [4.69, 9.17) is 10.5 Å². The van der Waals surface area contributed by atoms with Crippen molar-refractivity contribution < 1.29 is 4.74 Å². The van der Waals surface area contributed by atoms with Gasteiger partial charge in [-0.15, -0.1) is 0 Å². The van der Waals surface area contributed by atoms with Gasteiger partial charge in [0, 0.05) is 19.2 Å². The zero-order valence-electron chi connectivity index (χ0n) is 11.1. The molecular formula is C12H20N4O2. The van der Waals surface area contributed by atoms with E-state index in [0.717, 1.165) is 13.1 Å². The third-order valence-electron chi connectivity index (χ3n) is 3.10. The highest BCUT2D eigenvalue weighted by atomic mass is 16.5. The number of hydrogen-bond donors (Lipinski definition) is 2. The largest absolute Gasteiger partial charge is 0.374 e. The molecule has 1 atom stereocenters. The molecule has 1 fully saturated rings. The molecule has 1 unspecified atom stereocenters. The topological polar surface area (TPSA) is 84.2 Å². The molecule has 1 saturated heterocycles. The van der Waals surface area contributed by atoms with E-state index in [1.807, 2.05) is 4.90 Å². The van der Waals surface area contributed by atoms with Crippen LogP contribution in [-0.2, 0) is 4.74 Å². The lowest BCUT2D eigenvalue weighted by Gasteiger charge is -2.40. The van der Waals surface area contributed by atoms with Crippen molar-refractivity contribution in [3.05, 3.63) is 16.4 Å². The van der Waals surface area contributed by atoms with Crippen molar-refractivity contribution in [1.29, 1.82) is 0 Å². The number of aromatic amines is 1. The quantitative estimate of drug-likeness (QED) is 0.764. The lowest BCUT2D eigenvalue weighted by Crippen LogP contribution is -2.48. The predicted molar refractivity (Wildman–Crippen MR) is 70.7 cm³/mol. The summed E-state index contributed by atoms with van der Waals surface area (Å²) in [6.45, 7) is 8.50. The van der Waals surface area contributed by atoms with Crippen molar-refractivity contribution >= 4 is 11.8 Å². The number of morpholine rings is 1. The maximum atomic E-state index is 11.4. The molecule has 6 nitrogen and oxygen atoms in total. The highest BCUT2D eigenvalue weighted by Crippen LogP contribution is 2.26. The molecule has 0 bridgehead atoms. The normalized spacial score (nSPS) is 21.1. The van der Waals surface area contributed by atoms with Crippen LogP contribution in [0, 0.1) is 5.41 Å². The van der Waals surface area contributed by atoms with Crippen LogP contribution in [0.1, 0.15) is 20.8 Å². The molecule has 2 rings (SSSR count). The number of nitrogens with two attached hydrogens (primary N) is 1. The Kier molecular flexibility index (Phi) is 3.30. The fourth-order valence-corrected chi connectivity index (χ4v) is 2.01. The van der Waals surface area contributed by atoms with Gasteiger partial charge in [0.1, 0.15) is 5.82 Å². The predicted octanol–water partition coefficient (Wildman–Crippen LogP) is 0.603. The smallest absolute Gasteiger partial charge is 0.254 e. The van der Waals surface area contributed by atoms with E-state index in [9.17, 15) is 4.79 Å². The first kappa shape index (κ1) is 12.9. The SMILES string of the molecule is CC(C)(C)C1CN(c2cc(=O)[nH]c(N)n2)CCO1. The fourth-order valence-electron chi connectivity index (χ4n) is 2.01. The molecule has 0 radical (unpaired) electrons. The van der Waals surface area contributed by atoms with Gasteiger partial charge in [0.05, 0.1) is 12.7 Å². The molecule has 6 heteroatoms. The third-order valence-corrected chi connectivity index (χ3v) is 3.10. The summed E-state index contributed by atoms with van der Waals surface area (Å²) >= 11 is 0. The van der Waals surface area contributed by atoms with Crippen LogP contribution < -0.4 is 16.2 Å². The van der Waals surface area contributed by atoms with Gasteiger partial charge in [0.25, 0.3) is 5.56 Å². The van der Waals surface area contributed by atoms with E-state index in [-0.39, 0.29) is 23.0 Å². The number of nitrogens with zero attached hydrogens (tertiary/aromatic N) is 2. The van der Waals surface area contributed by atoms with Crippen molar-refractivity contribution in [1.82, 2.24) is 9.97 Å². The molecule has 0 amide bonds. The molecule has 1 aromatic rings. The molecular weight excluding hydrogens is 232 g/mol. The summed E-state index contributed by atoms with van der Waals surface area (Å²) in [5.74, 6) is 0.769. The summed E-state index contributed by atoms with van der Waals surface area (Å²) < 4.78 is 5.77. The molecule has 0 saturated carbocycles. The standard InChI is InChI=1S/C12H20N4O2/c1-12(2,3)8-7-16(4-5-18-8)9-6-10(17)15-11(13)14-9/h6,8H,4-5,7H2,1-3H3,(H3,13,14,15,17). The van der Waals surface area contributed by atoms with E-state index in [0.29, 0.717) is 12.4 Å². The van der Waals surface area contributed by atoms with Crippen LogP contribution in [0.25, 0.3) is 0 Å². The molecule has 2 heterocycles. The van der Waals surface area contributed by atoms with Gasteiger partial charge < -0.3 is 15.4 Å². The number of anilines is 2. The second kappa shape index (κ2) is 4.61. The lowest BCUT2D eigenvalue weighted by atomic mass is 9.88. The van der Waals surface area contributed by atoms with Crippen LogP contribution in [0.5, 0.6) is 0 Å². The van der Waals surface area contributed by atoms with Crippen molar-refractivity contribution in [2.75, 3.05) is 30.3 Å². The minimum atomic E-state index is -0.226. The Morgan fingerprint density at radius 2 is 2.28 bits per heavy atom. The number of H-pyrrole nitrogens is 1. The minimum Gasteiger partial charge on any atom is -0.374 e. The summed E-state index contributed by atoms with van der Waals surface area (Å²) in [5.41, 5.74) is 5.40. The first-order valence-electron chi connectivity index (χ1n) is 6.09. The summed E-state index contributed by atoms with van der Waals surface area (Å²) in [6, 6.07) is 1.47. The van der Waals surface area contributed by atoms with Gasteiger partial charge in [0.15, 0.2) is 0 Å². The zero-order chi connectivity index (χ0) is 13.3. The minimum absolute atomic E-state index is 0.0609. The summed E-state index contributed by atoms with van der Waals surface area (Å²) in [5, 5.41) is 0. The van der Waals surface area contributed by atoms with Gasteiger partial charge in [-0.3, -0.25) is 9.78 Å². The number of ether oxygens (including phenoxy) is 1. The average molecular weight is 252 g/mol. The van der Waals surface area contributed by atoms with Crippen LogP contribution in [0.15, 0.2) is 10.9 Å². The Bertz CT molecular complexity index is 478. The lowest BCUT2D eigenvalue weighted by molar-refractivity contribution is -0.0267. The van der Waals surface area contributed by atoms with E-state index in [1.54, 1.807) is 0 Å². The van der Waals surface area contributed by atoms with E-state index >= 15 is 0 Å². The van der Waals surface area contributed by atoms with Crippen molar-refractivity contribution in [2.45, 2.75) is 26.9 Å². The first-order valence-corrected chi connectivity index (χ1v) is 6.09. The van der Waals surface area contributed by atoms with Gasteiger partial charge in [0.2, 0.25) is 5.95 Å². The van der Waals surface area contributed by atoms with Crippen molar-refractivity contribution in [3.8, 4) is 0 Å². The Hall–Kier alpha value is -1.56. The zero-order valence-corrected chi connectivity index (χ0v) is 11.1. The van der Waals surface area contributed by atoms with Gasteiger partial charge in [-0.25, -0.2) is 0 Å². The van der Waals surface area contributed by atoms with Gasteiger partial charge >= 0.3 is 0 Å². The van der Waals surface area contributed by atoms with Crippen LogP contribution in [-0.4, -0.2) is 35.8 Å². The van der Waals surface area contributed by atoms with Gasteiger partial charge in [-0.05, 0) is 5.41 Å². The Morgan fingerprint density at radius 3 is 2.89 bits per heavy atom. The van der Waals surface area contributed by atoms with Gasteiger partial charge in [-0.1, -0.05) is 20.8 Å². The Labute approximate surface area is 106 Å². The summed E-state index contributed by atoms with van der Waals surface area (Å²) in [6.07, 6.45) is 0.119. The maximum absolute atomic E-state index is 11.4. The highest BCUT2D eigenvalue weighted by Gasteiger charge is 2.31. The molecule has 0 aliphatic carbocycles. The Balaban J connectivity index is 2.20. The van der Waals surface area contributed by atoms with Crippen molar-refractivity contribution in [3.63, 3.8) is 0 Å².